The highest BCUT2D eigenvalue weighted by Gasteiger charge is 2.22. The predicted molar refractivity (Wildman–Crippen MR) is 130 cm³/mol. The zero-order valence-corrected chi connectivity index (χ0v) is 18.6. The van der Waals surface area contributed by atoms with Gasteiger partial charge in [0.25, 0.3) is 5.91 Å². The zero-order valence-electron chi connectivity index (χ0n) is 17.7. The van der Waals surface area contributed by atoms with E-state index in [1.807, 2.05) is 60.7 Å². The number of para-hydroxylation sites is 3. The van der Waals surface area contributed by atoms with Crippen LogP contribution in [0.5, 0.6) is 11.5 Å². The number of piperidine rings is 1. The van der Waals surface area contributed by atoms with Gasteiger partial charge in [0.15, 0.2) is 5.13 Å². The largest absolute Gasteiger partial charge is 0.457 e. The molecule has 0 spiro atoms. The van der Waals surface area contributed by atoms with Gasteiger partial charge in [-0.1, -0.05) is 53.8 Å². The normalized spacial score (nSPS) is 14.4. The molecule has 3 aromatic carbocycles. The first-order valence-electron chi connectivity index (χ1n) is 11.0. The minimum Gasteiger partial charge on any atom is -0.457 e. The second kappa shape index (κ2) is 9.40. The van der Waals surface area contributed by atoms with Crippen LogP contribution in [0, 0.1) is 5.92 Å². The summed E-state index contributed by atoms with van der Waals surface area (Å²) >= 11 is 1.75. The number of fused-ring (bicyclic) bond motifs is 1. The molecule has 5 nitrogen and oxygen atoms in total. The third-order valence-corrected chi connectivity index (χ3v) is 6.92. The van der Waals surface area contributed by atoms with Crippen molar-refractivity contribution in [3.63, 3.8) is 0 Å². The Kier molecular flexibility index (Phi) is 6.03. The molecule has 0 radical (unpaired) electrons. The summed E-state index contributed by atoms with van der Waals surface area (Å²) in [6.07, 6.45) is 2.08. The number of rotatable bonds is 6. The second-order valence-corrected chi connectivity index (χ2v) is 9.02. The van der Waals surface area contributed by atoms with Gasteiger partial charge in [-0.05, 0) is 55.2 Å². The van der Waals surface area contributed by atoms with E-state index in [0.29, 0.717) is 23.8 Å². The van der Waals surface area contributed by atoms with Crippen molar-refractivity contribution in [1.29, 1.82) is 0 Å². The van der Waals surface area contributed by atoms with Gasteiger partial charge in [-0.2, -0.15) is 0 Å². The van der Waals surface area contributed by atoms with E-state index in [4.69, 9.17) is 9.72 Å². The monoisotopic (exact) mass is 443 g/mol. The number of benzene rings is 3. The Morgan fingerprint density at radius 1 is 0.969 bits per heavy atom. The Bertz CT molecular complexity index is 1170. The van der Waals surface area contributed by atoms with Gasteiger partial charge in [-0.15, -0.1) is 0 Å². The summed E-state index contributed by atoms with van der Waals surface area (Å²) in [5.74, 6) is 1.66. The molecular weight excluding hydrogens is 418 g/mol. The maximum absolute atomic E-state index is 12.9. The predicted octanol–water partition coefficient (Wildman–Crippen LogP) is 5.74. The third kappa shape index (κ3) is 4.60. The SMILES string of the molecule is O=C(NCC1CCN(c2nc3ccccc3s2)CC1)c1ccccc1Oc1ccccc1. The Morgan fingerprint density at radius 2 is 1.69 bits per heavy atom. The van der Waals surface area contributed by atoms with E-state index in [9.17, 15) is 4.79 Å². The molecule has 0 aliphatic carbocycles. The highest BCUT2D eigenvalue weighted by atomic mass is 32.1. The Labute approximate surface area is 191 Å². The molecule has 0 saturated carbocycles. The molecule has 1 amide bonds. The van der Waals surface area contributed by atoms with Crippen molar-refractivity contribution in [2.75, 3.05) is 24.5 Å². The average molecular weight is 444 g/mol. The molecule has 1 aliphatic heterocycles. The molecule has 4 aromatic rings. The summed E-state index contributed by atoms with van der Waals surface area (Å²) in [4.78, 5) is 20.0. The van der Waals surface area contributed by atoms with Crippen LogP contribution in [0.15, 0.2) is 78.9 Å². The highest BCUT2D eigenvalue weighted by molar-refractivity contribution is 7.22. The summed E-state index contributed by atoms with van der Waals surface area (Å²) in [6.45, 7) is 2.61. The number of carbonyl (C=O) groups is 1. The Hall–Kier alpha value is -3.38. The lowest BCUT2D eigenvalue weighted by Gasteiger charge is -2.31. The number of anilines is 1. The molecule has 5 rings (SSSR count). The first kappa shape index (κ1) is 20.5. The van der Waals surface area contributed by atoms with Crippen LogP contribution < -0.4 is 15.0 Å². The molecule has 0 bridgehead atoms. The van der Waals surface area contributed by atoms with Gasteiger partial charge in [0.1, 0.15) is 11.5 Å². The van der Waals surface area contributed by atoms with Crippen LogP contribution in [0.25, 0.3) is 10.2 Å². The Morgan fingerprint density at radius 3 is 2.50 bits per heavy atom. The summed E-state index contributed by atoms with van der Waals surface area (Å²) in [5.41, 5.74) is 1.63. The molecule has 1 N–H and O–H groups in total. The second-order valence-electron chi connectivity index (χ2n) is 8.02. The van der Waals surface area contributed by atoms with Crippen molar-refractivity contribution in [2.24, 2.45) is 5.92 Å². The molecule has 0 atom stereocenters. The van der Waals surface area contributed by atoms with E-state index >= 15 is 0 Å². The van der Waals surface area contributed by atoms with Crippen LogP contribution in [0.3, 0.4) is 0 Å². The van der Waals surface area contributed by atoms with E-state index < -0.39 is 0 Å². The molecule has 2 heterocycles. The van der Waals surface area contributed by atoms with Gasteiger partial charge in [0.05, 0.1) is 15.8 Å². The Balaban J connectivity index is 1.16. The minimum atomic E-state index is -0.0925. The average Bonchev–Trinajstić information content (AvgIpc) is 3.28. The number of nitrogens with zero attached hydrogens (tertiary/aromatic N) is 2. The van der Waals surface area contributed by atoms with Gasteiger partial charge in [-0.25, -0.2) is 4.98 Å². The number of nitrogens with one attached hydrogen (secondary N) is 1. The van der Waals surface area contributed by atoms with E-state index in [0.717, 1.165) is 42.3 Å². The lowest BCUT2D eigenvalue weighted by Crippen LogP contribution is -2.38. The quantitative estimate of drug-likeness (QED) is 0.413. The highest BCUT2D eigenvalue weighted by Crippen LogP contribution is 2.31. The van der Waals surface area contributed by atoms with Crippen LogP contribution in [-0.4, -0.2) is 30.5 Å². The molecule has 0 unspecified atom stereocenters. The van der Waals surface area contributed by atoms with E-state index in [-0.39, 0.29) is 5.91 Å². The van der Waals surface area contributed by atoms with Gasteiger partial charge < -0.3 is 15.0 Å². The molecule has 1 aromatic heterocycles. The van der Waals surface area contributed by atoms with Gasteiger partial charge in [0.2, 0.25) is 0 Å². The molecule has 6 heteroatoms. The van der Waals surface area contributed by atoms with E-state index in [2.05, 4.69) is 28.4 Å². The van der Waals surface area contributed by atoms with Gasteiger partial charge in [0, 0.05) is 19.6 Å². The maximum atomic E-state index is 12.9. The number of thiazole rings is 1. The summed E-state index contributed by atoms with van der Waals surface area (Å²) in [5, 5.41) is 4.22. The lowest BCUT2D eigenvalue weighted by molar-refractivity contribution is 0.0942. The first-order chi connectivity index (χ1) is 15.8. The van der Waals surface area contributed by atoms with Crippen LogP contribution in [0.4, 0.5) is 5.13 Å². The van der Waals surface area contributed by atoms with Crippen LogP contribution in [0.1, 0.15) is 23.2 Å². The van der Waals surface area contributed by atoms with Crippen molar-refractivity contribution < 1.29 is 9.53 Å². The van der Waals surface area contributed by atoms with Crippen molar-refractivity contribution >= 4 is 32.6 Å². The number of amides is 1. The van der Waals surface area contributed by atoms with Gasteiger partial charge >= 0.3 is 0 Å². The molecular formula is C26H25N3O2S. The number of hydrogen-bond donors (Lipinski definition) is 1. The molecule has 1 saturated heterocycles. The third-order valence-electron chi connectivity index (χ3n) is 5.82. The topological polar surface area (TPSA) is 54.5 Å². The fraction of sp³-hybridized carbons (Fsp3) is 0.231. The number of ether oxygens (including phenoxy) is 1. The number of carbonyl (C=O) groups excluding carboxylic acids is 1. The number of hydrogen-bond acceptors (Lipinski definition) is 5. The van der Waals surface area contributed by atoms with Gasteiger partial charge in [-0.3, -0.25) is 4.79 Å². The summed E-state index contributed by atoms with van der Waals surface area (Å²) in [6, 6.07) is 25.2. The fourth-order valence-electron chi connectivity index (χ4n) is 4.01. The van der Waals surface area contributed by atoms with Crippen molar-refractivity contribution in [2.45, 2.75) is 12.8 Å². The molecule has 1 fully saturated rings. The minimum absolute atomic E-state index is 0.0925. The standard InChI is InChI=1S/C26H25N3O2S/c30-25(21-10-4-6-12-23(21)31-20-8-2-1-3-9-20)27-18-19-14-16-29(17-15-19)26-28-22-11-5-7-13-24(22)32-26/h1-13,19H,14-18H2,(H,27,30). The lowest BCUT2D eigenvalue weighted by atomic mass is 9.97. The van der Waals surface area contributed by atoms with Crippen LogP contribution in [-0.2, 0) is 0 Å². The van der Waals surface area contributed by atoms with Crippen molar-refractivity contribution in [1.82, 2.24) is 10.3 Å². The maximum Gasteiger partial charge on any atom is 0.255 e. The fourth-order valence-corrected chi connectivity index (χ4v) is 5.03. The molecule has 32 heavy (non-hydrogen) atoms. The van der Waals surface area contributed by atoms with Crippen molar-refractivity contribution in [3.8, 4) is 11.5 Å². The van der Waals surface area contributed by atoms with E-state index in [1.54, 1.807) is 11.3 Å². The summed E-state index contributed by atoms with van der Waals surface area (Å²) < 4.78 is 7.17. The van der Waals surface area contributed by atoms with Crippen LogP contribution in [0.2, 0.25) is 0 Å². The molecule has 1 aliphatic rings. The van der Waals surface area contributed by atoms with Crippen LogP contribution >= 0.6 is 11.3 Å². The summed E-state index contributed by atoms with van der Waals surface area (Å²) in [7, 11) is 0. The van der Waals surface area contributed by atoms with Crippen molar-refractivity contribution in [3.05, 3.63) is 84.4 Å². The van der Waals surface area contributed by atoms with E-state index in [1.165, 1.54) is 4.70 Å². The first-order valence-corrected chi connectivity index (χ1v) is 11.8. The smallest absolute Gasteiger partial charge is 0.255 e. The molecule has 162 valence electrons. The number of aromatic nitrogens is 1. The zero-order chi connectivity index (χ0) is 21.8.